The molecule has 8 heteroatoms. The van der Waals surface area contributed by atoms with E-state index in [4.69, 9.17) is 15.2 Å². The predicted octanol–water partition coefficient (Wildman–Crippen LogP) is 2.31. The Balaban J connectivity index is 1.98. The number of nitrogens with two attached hydrogens (primary N) is 1. The fourth-order valence-electron chi connectivity index (χ4n) is 1.65. The summed E-state index contributed by atoms with van der Waals surface area (Å²) >= 11 is 1.30. The smallest absolute Gasteiger partial charge is 0.338 e. The van der Waals surface area contributed by atoms with Crippen molar-refractivity contribution in [2.75, 3.05) is 17.7 Å². The van der Waals surface area contributed by atoms with Crippen LogP contribution in [0, 0.1) is 0 Å². The van der Waals surface area contributed by atoms with Crippen molar-refractivity contribution in [3.8, 4) is 5.75 Å². The van der Waals surface area contributed by atoms with E-state index in [1.54, 1.807) is 31.5 Å². The molecule has 122 valence electrons. The topological polar surface area (TPSA) is 104 Å². The molecule has 0 aliphatic carbocycles. The number of aromatic nitrogens is 1. The zero-order valence-electron chi connectivity index (χ0n) is 12.7. The first-order chi connectivity index (χ1) is 11.0. The molecule has 2 aromatic rings. The van der Waals surface area contributed by atoms with Crippen molar-refractivity contribution in [2.45, 2.75) is 20.0 Å². The molecular formula is C15H17N3O4S. The number of benzene rings is 1. The van der Waals surface area contributed by atoms with Crippen molar-refractivity contribution in [1.29, 1.82) is 0 Å². The van der Waals surface area contributed by atoms with Gasteiger partial charge in [-0.25, -0.2) is 9.78 Å². The summed E-state index contributed by atoms with van der Waals surface area (Å²) in [6.45, 7) is 3.28. The summed E-state index contributed by atoms with van der Waals surface area (Å²) in [6, 6.07) is 4.53. The first-order valence-electron chi connectivity index (χ1n) is 6.88. The van der Waals surface area contributed by atoms with E-state index in [1.165, 1.54) is 23.5 Å². The minimum absolute atomic E-state index is 0.228. The zero-order valence-corrected chi connectivity index (χ0v) is 13.6. The number of ether oxygens (including phenoxy) is 2. The van der Waals surface area contributed by atoms with Gasteiger partial charge < -0.3 is 15.2 Å². The summed E-state index contributed by atoms with van der Waals surface area (Å²) < 4.78 is 10.5. The van der Waals surface area contributed by atoms with Crippen LogP contribution >= 0.6 is 11.3 Å². The fourth-order valence-corrected chi connectivity index (χ4v) is 2.20. The summed E-state index contributed by atoms with van der Waals surface area (Å²) in [6.07, 6.45) is 1.36. The molecule has 0 unspecified atom stereocenters. The molecule has 1 aromatic carbocycles. The molecule has 0 aliphatic rings. The van der Waals surface area contributed by atoms with Gasteiger partial charge in [0.05, 0.1) is 17.4 Å². The van der Waals surface area contributed by atoms with Gasteiger partial charge in [0.1, 0.15) is 5.75 Å². The number of nitrogen functional groups attached to an aromatic ring is 1. The predicted molar refractivity (Wildman–Crippen MR) is 87.6 cm³/mol. The lowest BCUT2D eigenvalue weighted by Gasteiger charge is -2.11. The first-order valence-corrected chi connectivity index (χ1v) is 7.76. The second-order valence-corrected chi connectivity index (χ2v) is 5.78. The minimum atomic E-state index is -0.475. The van der Waals surface area contributed by atoms with Crippen LogP contribution in [0.4, 0.5) is 10.8 Å². The Morgan fingerprint density at radius 2 is 2.17 bits per heavy atom. The number of rotatable bonds is 6. The maximum absolute atomic E-state index is 11.9. The molecule has 1 amide bonds. The van der Waals surface area contributed by atoms with Crippen molar-refractivity contribution in [3.05, 3.63) is 35.3 Å². The van der Waals surface area contributed by atoms with Crippen LogP contribution in [0.5, 0.6) is 5.75 Å². The molecular weight excluding hydrogens is 318 g/mol. The second kappa shape index (κ2) is 7.59. The number of hydrogen-bond acceptors (Lipinski definition) is 7. The highest BCUT2D eigenvalue weighted by atomic mass is 32.1. The molecule has 0 bridgehead atoms. The van der Waals surface area contributed by atoms with Gasteiger partial charge in [-0.15, -0.1) is 11.3 Å². The molecule has 0 aliphatic heterocycles. The Hall–Kier alpha value is -2.61. The minimum Gasteiger partial charge on any atom is -0.482 e. The number of anilines is 2. The maximum Gasteiger partial charge on any atom is 0.338 e. The van der Waals surface area contributed by atoms with E-state index in [2.05, 4.69) is 10.3 Å². The van der Waals surface area contributed by atoms with Gasteiger partial charge in [0.2, 0.25) is 0 Å². The molecule has 0 atom stereocenters. The third-order valence-corrected chi connectivity index (χ3v) is 3.32. The number of amides is 1. The lowest BCUT2D eigenvalue weighted by atomic mass is 10.2. The largest absolute Gasteiger partial charge is 0.482 e. The Bertz CT molecular complexity index is 686. The lowest BCUT2D eigenvalue weighted by molar-refractivity contribution is -0.118. The second-order valence-electron chi connectivity index (χ2n) is 4.88. The highest BCUT2D eigenvalue weighted by Crippen LogP contribution is 2.23. The standard InChI is InChI=1S/C15H17N3O4S/c1-9(2)22-14(20)10-3-4-11(16)12(7-10)21-8-13(19)18-15-17-5-6-23-15/h3-7,9H,8,16H2,1-2H3,(H,17,18,19). The Morgan fingerprint density at radius 1 is 1.39 bits per heavy atom. The van der Waals surface area contributed by atoms with Crippen LogP contribution < -0.4 is 15.8 Å². The van der Waals surface area contributed by atoms with E-state index in [1.807, 2.05) is 0 Å². The quantitative estimate of drug-likeness (QED) is 0.620. The highest BCUT2D eigenvalue weighted by molar-refractivity contribution is 7.13. The van der Waals surface area contributed by atoms with E-state index in [0.717, 1.165) is 0 Å². The van der Waals surface area contributed by atoms with Crippen molar-refractivity contribution in [1.82, 2.24) is 4.98 Å². The number of thiazole rings is 1. The monoisotopic (exact) mass is 335 g/mol. The fraction of sp³-hybridized carbons (Fsp3) is 0.267. The van der Waals surface area contributed by atoms with Crippen molar-refractivity contribution in [2.24, 2.45) is 0 Å². The van der Waals surface area contributed by atoms with Crippen LogP contribution in [0.25, 0.3) is 0 Å². The van der Waals surface area contributed by atoms with Crippen LogP contribution in [0.2, 0.25) is 0 Å². The summed E-state index contributed by atoms with van der Waals surface area (Å²) in [5.41, 5.74) is 6.43. The summed E-state index contributed by atoms with van der Waals surface area (Å²) in [5.74, 6) is -0.593. The molecule has 2 rings (SSSR count). The van der Waals surface area contributed by atoms with Crippen LogP contribution in [-0.2, 0) is 9.53 Å². The van der Waals surface area contributed by atoms with Crippen LogP contribution in [0.3, 0.4) is 0 Å². The van der Waals surface area contributed by atoms with Gasteiger partial charge in [-0.3, -0.25) is 10.1 Å². The van der Waals surface area contributed by atoms with E-state index >= 15 is 0 Å². The highest BCUT2D eigenvalue weighted by Gasteiger charge is 2.13. The van der Waals surface area contributed by atoms with E-state index in [0.29, 0.717) is 16.4 Å². The summed E-state index contributed by atoms with van der Waals surface area (Å²) in [5, 5.41) is 4.82. The van der Waals surface area contributed by atoms with Crippen molar-refractivity contribution >= 4 is 34.0 Å². The summed E-state index contributed by atoms with van der Waals surface area (Å²) in [7, 11) is 0. The van der Waals surface area contributed by atoms with Gasteiger partial charge in [-0.05, 0) is 32.0 Å². The van der Waals surface area contributed by atoms with Gasteiger partial charge in [0.25, 0.3) is 5.91 Å². The molecule has 0 fully saturated rings. The Kier molecular flexibility index (Phi) is 5.53. The molecule has 1 aromatic heterocycles. The zero-order chi connectivity index (χ0) is 16.8. The van der Waals surface area contributed by atoms with Gasteiger partial charge in [0.15, 0.2) is 11.7 Å². The lowest BCUT2D eigenvalue weighted by Crippen LogP contribution is -2.20. The van der Waals surface area contributed by atoms with Crippen LogP contribution in [0.1, 0.15) is 24.2 Å². The number of carbonyl (C=O) groups excluding carboxylic acids is 2. The SMILES string of the molecule is CC(C)OC(=O)c1ccc(N)c(OCC(=O)Nc2nccs2)c1. The number of hydrogen-bond donors (Lipinski definition) is 2. The normalized spacial score (nSPS) is 10.4. The van der Waals surface area contributed by atoms with Crippen molar-refractivity contribution in [3.63, 3.8) is 0 Å². The average Bonchev–Trinajstić information content (AvgIpc) is 2.98. The Labute approximate surface area is 137 Å². The number of nitrogens with one attached hydrogen (secondary N) is 1. The van der Waals surface area contributed by atoms with Gasteiger partial charge in [-0.2, -0.15) is 0 Å². The molecule has 0 saturated heterocycles. The molecule has 3 N–H and O–H groups in total. The number of esters is 1. The van der Waals surface area contributed by atoms with Crippen molar-refractivity contribution < 1.29 is 19.1 Å². The van der Waals surface area contributed by atoms with E-state index in [9.17, 15) is 9.59 Å². The molecule has 0 radical (unpaired) electrons. The molecule has 7 nitrogen and oxygen atoms in total. The average molecular weight is 335 g/mol. The molecule has 0 spiro atoms. The van der Waals surface area contributed by atoms with Gasteiger partial charge in [-0.1, -0.05) is 0 Å². The van der Waals surface area contributed by atoms with E-state index < -0.39 is 5.97 Å². The van der Waals surface area contributed by atoms with Gasteiger partial charge >= 0.3 is 5.97 Å². The van der Waals surface area contributed by atoms with Crippen LogP contribution in [-0.4, -0.2) is 29.6 Å². The van der Waals surface area contributed by atoms with Crippen LogP contribution in [0.15, 0.2) is 29.8 Å². The number of nitrogens with zero attached hydrogens (tertiary/aromatic N) is 1. The Morgan fingerprint density at radius 3 is 2.83 bits per heavy atom. The third kappa shape index (κ3) is 4.96. The molecule has 1 heterocycles. The molecule has 23 heavy (non-hydrogen) atoms. The first kappa shape index (κ1) is 16.8. The molecule has 0 saturated carbocycles. The third-order valence-electron chi connectivity index (χ3n) is 2.63. The summed E-state index contributed by atoms with van der Waals surface area (Å²) in [4.78, 5) is 27.6. The van der Waals surface area contributed by atoms with Gasteiger partial charge in [0, 0.05) is 11.6 Å². The number of carbonyl (C=O) groups is 2. The van der Waals surface area contributed by atoms with E-state index in [-0.39, 0.29) is 24.4 Å². The maximum atomic E-state index is 11.9.